The topological polar surface area (TPSA) is 3.24 Å². The second-order valence-corrected chi connectivity index (χ2v) is 18.3. The Morgan fingerprint density at radius 1 is 0.700 bits per heavy atom. The van der Waals surface area contributed by atoms with E-state index in [0.29, 0.717) is 0 Å². The van der Waals surface area contributed by atoms with E-state index in [0.717, 1.165) is 13.1 Å². The van der Waals surface area contributed by atoms with Gasteiger partial charge in [0.25, 0.3) is 0 Å². The van der Waals surface area contributed by atoms with Crippen LogP contribution in [0.1, 0.15) is 73.1 Å². The van der Waals surface area contributed by atoms with Gasteiger partial charge < -0.3 is 0 Å². The van der Waals surface area contributed by atoms with E-state index in [1.165, 1.54) is 51.8 Å². The normalized spacial score (nSPS) is 11.1. The summed E-state index contributed by atoms with van der Waals surface area (Å²) in [6.07, 6.45) is 8.25. The van der Waals surface area contributed by atoms with E-state index in [4.69, 9.17) is 0 Å². The monoisotopic (exact) mass is 387 g/mol. The van der Waals surface area contributed by atoms with Crippen molar-refractivity contribution in [1.29, 1.82) is 0 Å². The molecule has 0 spiro atoms. The molecule has 0 N–H and O–H groups in total. The average Bonchev–Trinajstić information content (AvgIpc) is 2.49. The summed E-state index contributed by atoms with van der Waals surface area (Å²) in [4.78, 5) is 2.30. The zero-order valence-electron chi connectivity index (χ0n) is 14.7. The molecule has 0 aromatic carbocycles. The molecule has 118 valence electrons. The fourth-order valence-corrected chi connectivity index (χ4v) is 15.8. The molecule has 0 amide bonds. The van der Waals surface area contributed by atoms with Crippen LogP contribution >= 0.6 is 0 Å². The molecule has 0 radical (unpaired) electrons. The molecule has 0 aliphatic carbocycles. The van der Waals surface area contributed by atoms with Gasteiger partial charge in [-0.2, -0.15) is 0 Å². The molecule has 0 aromatic heterocycles. The summed E-state index contributed by atoms with van der Waals surface area (Å²) in [5.74, 6) is 0. The zero-order chi connectivity index (χ0) is 15.3. The van der Waals surface area contributed by atoms with E-state index in [1.54, 1.807) is 0 Å². The first kappa shape index (κ1) is 20.2. The van der Waals surface area contributed by atoms with E-state index >= 15 is 0 Å². The molecule has 0 aliphatic heterocycles. The van der Waals surface area contributed by atoms with Crippen LogP contribution in [0.5, 0.6) is 0 Å². The van der Waals surface area contributed by atoms with Crippen LogP contribution in [0.3, 0.4) is 0 Å². The summed E-state index contributed by atoms with van der Waals surface area (Å²) < 4.78 is 8.42. The van der Waals surface area contributed by atoms with Crippen LogP contribution in [-0.2, 0) is 0 Å². The van der Waals surface area contributed by atoms with Crippen molar-refractivity contribution in [2.75, 3.05) is 13.1 Å². The van der Waals surface area contributed by atoms with Crippen molar-refractivity contribution in [2.45, 2.75) is 86.5 Å². The number of hydrogen-bond acceptors (Lipinski definition) is 1. The second kappa shape index (κ2) is 12.9. The molecule has 0 rings (SSSR count). The summed E-state index contributed by atoms with van der Waals surface area (Å²) in [7, 11) is 0. The minimum absolute atomic E-state index is 1.07. The Morgan fingerprint density at radius 3 is 1.40 bits per heavy atom. The molecule has 0 aromatic rings. The van der Waals surface area contributed by atoms with Crippen LogP contribution in [0.2, 0.25) is 13.3 Å². The quantitative estimate of drug-likeness (QED) is 0.251. The van der Waals surface area contributed by atoms with E-state index in [2.05, 4.69) is 49.5 Å². The molecule has 0 heterocycles. The Morgan fingerprint density at radius 2 is 1.10 bits per heavy atom. The first-order valence-electron chi connectivity index (χ1n) is 8.95. The molecule has 0 fully saturated rings. The van der Waals surface area contributed by atoms with Gasteiger partial charge >= 0.3 is 133 Å². The Kier molecular flexibility index (Phi) is 13.0. The molecule has 0 aliphatic rings. The fourth-order valence-electron chi connectivity index (χ4n) is 2.69. The van der Waals surface area contributed by atoms with Crippen LogP contribution in [0.15, 0.2) is 0 Å². The number of hydrogen-bond donors (Lipinski definition) is 0. The van der Waals surface area contributed by atoms with Crippen molar-refractivity contribution >= 4 is 18.4 Å². The van der Waals surface area contributed by atoms with E-state index in [9.17, 15) is 0 Å². The molecular weight excluding hydrogens is 349 g/mol. The molecule has 1 nitrogen and oxygen atoms in total. The van der Waals surface area contributed by atoms with Gasteiger partial charge in [0.05, 0.1) is 0 Å². The Hall–Kier alpha value is 0.159. The standard InChI is InChI=1S/C6H10N.3C4H9.Sn/c1-4-7(5-2)6-3;3*1-3-4-2;/h4-5H2,1-2H3;3*1,3-4H2,2H3;. The maximum absolute atomic E-state index is 3.93. The first-order chi connectivity index (χ1) is 9.67. The Labute approximate surface area is 132 Å². The van der Waals surface area contributed by atoms with Gasteiger partial charge in [-0.25, -0.2) is 0 Å². The van der Waals surface area contributed by atoms with Crippen molar-refractivity contribution < 1.29 is 0 Å². The van der Waals surface area contributed by atoms with Gasteiger partial charge in [0.2, 0.25) is 0 Å². The third-order valence-corrected chi connectivity index (χ3v) is 17.3. The Balaban J connectivity index is 5.00. The van der Waals surface area contributed by atoms with E-state index in [1.807, 2.05) is 0 Å². The number of nitrogens with zero attached hydrogens (tertiary/aromatic N) is 1. The van der Waals surface area contributed by atoms with Crippen LogP contribution < -0.4 is 0 Å². The van der Waals surface area contributed by atoms with E-state index < -0.39 is 18.4 Å². The van der Waals surface area contributed by atoms with Gasteiger partial charge in [-0.3, -0.25) is 0 Å². The fraction of sp³-hybridized carbons (Fsp3) is 0.889. The van der Waals surface area contributed by atoms with Crippen LogP contribution in [0.25, 0.3) is 0 Å². The van der Waals surface area contributed by atoms with Gasteiger partial charge in [-0.05, 0) is 0 Å². The molecular formula is C18H37NSn. The molecule has 2 heteroatoms. The van der Waals surface area contributed by atoms with Crippen molar-refractivity contribution in [1.82, 2.24) is 4.90 Å². The van der Waals surface area contributed by atoms with Crippen molar-refractivity contribution in [3.05, 3.63) is 0 Å². The third kappa shape index (κ3) is 8.45. The van der Waals surface area contributed by atoms with E-state index in [-0.39, 0.29) is 0 Å². The van der Waals surface area contributed by atoms with Crippen LogP contribution in [0.4, 0.5) is 0 Å². The van der Waals surface area contributed by atoms with Crippen LogP contribution in [-0.4, -0.2) is 36.4 Å². The summed E-state index contributed by atoms with van der Waals surface area (Å²) >= 11 is -2.20. The molecule has 0 bridgehead atoms. The average molecular weight is 386 g/mol. The minimum atomic E-state index is -2.20. The molecule has 0 saturated carbocycles. The summed E-state index contributed by atoms with van der Waals surface area (Å²) in [5, 5.41) is 0. The zero-order valence-corrected chi connectivity index (χ0v) is 17.6. The predicted octanol–water partition coefficient (Wildman–Crippen LogP) is 5.68. The van der Waals surface area contributed by atoms with Gasteiger partial charge in [0, 0.05) is 0 Å². The van der Waals surface area contributed by atoms with Crippen LogP contribution in [0, 0.1) is 9.98 Å². The first-order valence-corrected chi connectivity index (χ1v) is 16.4. The van der Waals surface area contributed by atoms with Crippen molar-refractivity contribution in [2.24, 2.45) is 0 Å². The van der Waals surface area contributed by atoms with Gasteiger partial charge in [-0.1, -0.05) is 0 Å². The number of rotatable bonds is 11. The molecule has 0 unspecified atom stereocenters. The second-order valence-electron chi connectivity index (χ2n) is 6.00. The van der Waals surface area contributed by atoms with Crippen molar-refractivity contribution in [3.8, 4) is 9.98 Å². The van der Waals surface area contributed by atoms with Gasteiger partial charge in [0.1, 0.15) is 0 Å². The Bertz CT molecular complexity index is 251. The third-order valence-electron chi connectivity index (χ3n) is 4.27. The summed E-state index contributed by atoms with van der Waals surface area (Å²) in [6.45, 7) is 13.6. The maximum atomic E-state index is 3.93. The molecule has 20 heavy (non-hydrogen) atoms. The number of unbranched alkanes of at least 4 members (excludes halogenated alkanes) is 3. The van der Waals surface area contributed by atoms with Gasteiger partial charge in [-0.15, -0.1) is 0 Å². The van der Waals surface area contributed by atoms with Crippen molar-refractivity contribution in [3.63, 3.8) is 0 Å². The molecule has 0 atom stereocenters. The SMILES string of the molecule is CCC[CH2][Sn]([C]#CN(CC)CC)([CH2]CCC)[CH2]CCC. The predicted molar refractivity (Wildman–Crippen MR) is 95.6 cm³/mol. The summed E-state index contributed by atoms with van der Waals surface area (Å²) in [6, 6.07) is 3.56. The summed E-state index contributed by atoms with van der Waals surface area (Å²) in [5.41, 5.74) is 0. The molecule has 0 saturated heterocycles. The van der Waals surface area contributed by atoms with Gasteiger partial charge in [0.15, 0.2) is 0 Å².